The van der Waals surface area contributed by atoms with Gasteiger partial charge in [0.15, 0.2) is 12.2 Å². The third kappa shape index (κ3) is 76.3. The van der Waals surface area contributed by atoms with Gasteiger partial charge in [-0.2, -0.15) is 0 Å². The normalized spacial score (nSPS) is 13.8. The van der Waals surface area contributed by atoms with Gasteiger partial charge in [-0.3, -0.25) is 37.3 Å². The smallest absolute Gasteiger partial charge is 0.462 e. The van der Waals surface area contributed by atoms with E-state index in [0.717, 1.165) is 109 Å². The second-order valence-electron chi connectivity index (χ2n) is 30.3. The maximum absolute atomic E-state index is 13.1. The molecule has 0 rings (SSSR count). The number of hydrogen-bond acceptors (Lipinski definition) is 15. The molecule has 606 valence electrons. The van der Waals surface area contributed by atoms with E-state index in [4.69, 9.17) is 37.0 Å². The minimum Gasteiger partial charge on any atom is -0.462 e. The number of unbranched alkanes of at least 4 members (excludes halogenated alkanes) is 55. The van der Waals surface area contributed by atoms with Crippen molar-refractivity contribution in [1.29, 1.82) is 0 Å². The first kappa shape index (κ1) is 100. The Balaban J connectivity index is 5.17. The van der Waals surface area contributed by atoms with Crippen molar-refractivity contribution in [3.05, 3.63) is 0 Å². The highest BCUT2D eigenvalue weighted by Gasteiger charge is 2.30. The summed E-state index contributed by atoms with van der Waals surface area (Å²) in [6.45, 7) is 7.32. The molecule has 0 aliphatic heterocycles. The van der Waals surface area contributed by atoms with Crippen molar-refractivity contribution in [2.45, 2.75) is 464 Å². The number of phosphoric acid groups is 2. The SMILES string of the molecule is CCCCCCCCCCCCCCCCCCCCCCC(=O)O[C@H](COC(=O)CCCCCCCCCCCCCCCCCCCC)COP(=O)(O)OC[C@@H](O)COP(=O)(O)OC[C@@H](COC(=O)CCCCCCCCC)OC(=O)CCCCCCCCCCCCCCCCC(C)C. The van der Waals surface area contributed by atoms with Crippen LogP contribution in [0.25, 0.3) is 0 Å². The van der Waals surface area contributed by atoms with Crippen molar-refractivity contribution in [1.82, 2.24) is 0 Å². The predicted molar refractivity (Wildman–Crippen MR) is 418 cm³/mol. The van der Waals surface area contributed by atoms with E-state index in [0.29, 0.717) is 25.7 Å². The van der Waals surface area contributed by atoms with Crippen molar-refractivity contribution in [3.63, 3.8) is 0 Å². The van der Waals surface area contributed by atoms with Crippen molar-refractivity contribution in [3.8, 4) is 0 Å². The molecule has 5 atom stereocenters. The summed E-state index contributed by atoms with van der Waals surface area (Å²) in [6.07, 6.45) is 68.2. The van der Waals surface area contributed by atoms with E-state index in [2.05, 4.69) is 34.6 Å². The molecule has 19 heteroatoms. The molecule has 102 heavy (non-hydrogen) atoms. The number of carbonyl (C=O) groups is 4. The Kier molecular flexibility index (Phi) is 74.4. The predicted octanol–water partition coefficient (Wildman–Crippen LogP) is 25.2. The van der Waals surface area contributed by atoms with Crippen LogP contribution in [0.3, 0.4) is 0 Å². The largest absolute Gasteiger partial charge is 0.472 e. The van der Waals surface area contributed by atoms with E-state index in [-0.39, 0.29) is 25.7 Å². The fourth-order valence-corrected chi connectivity index (χ4v) is 14.5. The molecule has 0 fully saturated rings. The molecule has 2 unspecified atom stereocenters. The number of phosphoric ester groups is 2. The summed E-state index contributed by atoms with van der Waals surface area (Å²) >= 11 is 0. The van der Waals surface area contributed by atoms with Gasteiger partial charge in [0.05, 0.1) is 26.4 Å². The van der Waals surface area contributed by atoms with Gasteiger partial charge in [-0.15, -0.1) is 0 Å². The highest BCUT2D eigenvalue weighted by molar-refractivity contribution is 7.47. The van der Waals surface area contributed by atoms with Crippen LogP contribution >= 0.6 is 15.6 Å². The molecule has 0 aromatic carbocycles. The summed E-state index contributed by atoms with van der Waals surface area (Å²) in [6, 6.07) is 0. The van der Waals surface area contributed by atoms with Crippen molar-refractivity contribution in [2.75, 3.05) is 39.6 Å². The van der Waals surface area contributed by atoms with Gasteiger partial charge in [-0.05, 0) is 31.6 Å². The lowest BCUT2D eigenvalue weighted by molar-refractivity contribution is -0.161. The van der Waals surface area contributed by atoms with Gasteiger partial charge in [0, 0.05) is 25.7 Å². The van der Waals surface area contributed by atoms with E-state index >= 15 is 0 Å². The van der Waals surface area contributed by atoms with E-state index < -0.39 is 97.5 Å². The summed E-state index contributed by atoms with van der Waals surface area (Å²) in [4.78, 5) is 73.0. The van der Waals surface area contributed by atoms with Gasteiger partial charge in [0.2, 0.25) is 0 Å². The fraction of sp³-hybridized carbons (Fsp3) is 0.952. The van der Waals surface area contributed by atoms with Crippen LogP contribution in [0.5, 0.6) is 0 Å². The minimum atomic E-state index is -4.96. The molecule has 0 amide bonds. The molecule has 3 N–H and O–H groups in total. The van der Waals surface area contributed by atoms with Gasteiger partial charge in [-0.1, -0.05) is 394 Å². The molecular formula is C83H162O17P2. The van der Waals surface area contributed by atoms with Crippen LogP contribution in [0.2, 0.25) is 0 Å². The zero-order chi connectivity index (χ0) is 74.8. The Morgan fingerprint density at radius 3 is 0.667 bits per heavy atom. The summed E-state index contributed by atoms with van der Waals surface area (Å²) in [5.74, 6) is -1.31. The minimum absolute atomic E-state index is 0.108. The topological polar surface area (TPSA) is 237 Å². The molecule has 0 saturated carbocycles. The second-order valence-corrected chi connectivity index (χ2v) is 33.3. The number of aliphatic hydroxyl groups is 1. The molecule has 17 nitrogen and oxygen atoms in total. The molecular weight excluding hydrogens is 1330 g/mol. The third-order valence-electron chi connectivity index (χ3n) is 19.5. The van der Waals surface area contributed by atoms with E-state index in [1.807, 2.05) is 0 Å². The highest BCUT2D eigenvalue weighted by atomic mass is 31.2. The second kappa shape index (κ2) is 75.9. The lowest BCUT2D eigenvalue weighted by Gasteiger charge is -2.21. The number of aliphatic hydroxyl groups excluding tert-OH is 1. The Bertz CT molecular complexity index is 1940. The average molecular weight is 1490 g/mol. The highest BCUT2D eigenvalue weighted by Crippen LogP contribution is 2.45. The van der Waals surface area contributed by atoms with Gasteiger partial charge < -0.3 is 33.8 Å². The molecule has 0 aromatic heterocycles. The van der Waals surface area contributed by atoms with Crippen LogP contribution in [-0.4, -0.2) is 96.7 Å². The first-order chi connectivity index (χ1) is 49.5. The van der Waals surface area contributed by atoms with Crippen LogP contribution < -0.4 is 0 Å². The number of rotatable bonds is 83. The van der Waals surface area contributed by atoms with Gasteiger partial charge in [0.1, 0.15) is 19.3 Å². The van der Waals surface area contributed by atoms with Gasteiger partial charge in [0.25, 0.3) is 0 Å². The Morgan fingerprint density at radius 2 is 0.451 bits per heavy atom. The molecule has 0 spiro atoms. The third-order valence-corrected chi connectivity index (χ3v) is 21.4. The molecule has 0 bridgehead atoms. The first-order valence-corrected chi connectivity index (χ1v) is 46.1. The fourth-order valence-electron chi connectivity index (χ4n) is 12.9. The molecule has 0 saturated heterocycles. The Morgan fingerprint density at radius 1 is 0.265 bits per heavy atom. The average Bonchev–Trinajstić information content (AvgIpc) is 0.918. The molecule has 0 aromatic rings. The molecule has 0 radical (unpaired) electrons. The number of hydrogen-bond donors (Lipinski definition) is 3. The Labute approximate surface area is 626 Å². The lowest BCUT2D eigenvalue weighted by Crippen LogP contribution is -2.30. The van der Waals surface area contributed by atoms with Crippen LogP contribution in [0.4, 0.5) is 0 Å². The quantitative estimate of drug-likeness (QED) is 0.0222. The van der Waals surface area contributed by atoms with Crippen molar-refractivity contribution in [2.24, 2.45) is 5.92 Å². The molecule has 0 heterocycles. The van der Waals surface area contributed by atoms with Crippen molar-refractivity contribution < 1.29 is 80.2 Å². The zero-order valence-electron chi connectivity index (χ0n) is 66.8. The maximum Gasteiger partial charge on any atom is 0.472 e. The summed E-state index contributed by atoms with van der Waals surface area (Å²) < 4.78 is 68.7. The van der Waals surface area contributed by atoms with Crippen molar-refractivity contribution >= 4 is 39.5 Å². The summed E-state index contributed by atoms with van der Waals surface area (Å²) in [7, 11) is -9.92. The lowest BCUT2D eigenvalue weighted by atomic mass is 10.0. The van der Waals surface area contributed by atoms with Gasteiger partial charge in [-0.25, -0.2) is 9.13 Å². The molecule has 0 aliphatic carbocycles. The van der Waals surface area contributed by atoms with Crippen LogP contribution in [0.15, 0.2) is 0 Å². The van der Waals surface area contributed by atoms with E-state index in [9.17, 15) is 43.2 Å². The van der Waals surface area contributed by atoms with Gasteiger partial charge >= 0.3 is 39.5 Å². The number of esters is 4. The van der Waals surface area contributed by atoms with Crippen LogP contribution in [0.1, 0.15) is 446 Å². The zero-order valence-corrected chi connectivity index (χ0v) is 68.5. The summed E-state index contributed by atoms with van der Waals surface area (Å²) in [5.41, 5.74) is 0. The number of carbonyl (C=O) groups excluding carboxylic acids is 4. The number of ether oxygens (including phenoxy) is 4. The summed E-state index contributed by atoms with van der Waals surface area (Å²) in [5, 5.41) is 10.6. The van der Waals surface area contributed by atoms with E-state index in [1.165, 1.54) is 257 Å². The Hall–Kier alpha value is -1.94. The standard InChI is InChI=1S/C83H162O17P2/c1-6-9-12-15-18-20-22-24-26-28-30-31-33-35-40-44-48-53-58-63-69-83(88)100-79(73-94-81(86)67-62-57-52-47-43-39-34-32-29-27-25-23-21-19-16-13-10-7-2)75-98-102(91,92)96-71-77(84)70-95-101(89,90)97-74-78(72-93-80(85)66-61-56-50-17-14-11-8-3)99-82(87)68-64-59-54-49-45-41-37-36-38-42-46-51-55-60-65-76(4)5/h76-79,84H,6-75H2,1-5H3,(H,89,90)(H,91,92)/t77-,78+,79+/m0/s1. The molecule has 0 aliphatic rings. The van der Waals surface area contributed by atoms with Crippen LogP contribution in [0, 0.1) is 5.92 Å². The monoisotopic (exact) mass is 1490 g/mol. The first-order valence-electron chi connectivity index (χ1n) is 43.1. The van der Waals surface area contributed by atoms with Crippen LogP contribution in [-0.2, 0) is 65.4 Å². The maximum atomic E-state index is 13.1. The van der Waals surface area contributed by atoms with E-state index in [1.54, 1.807) is 0 Å².